The molecule has 1 aliphatic rings. The standard InChI is InChI=1S/C14H23N3O/c1-2-18-14-12(15)8-9-13(17-14)16-10-11-6-4-3-5-7-11/h8-9,11H,2-7,10,15H2,1H3,(H,16,17). The fraction of sp³-hybridized carbons (Fsp3) is 0.643. The highest BCUT2D eigenvalue weighted by Gasteiger charge is 2.13. The molecule has 0 bridgehead atoms. The third-order valence-corrected chi connectivity index (χ3v) is 3.47. The summed E-state index contributed by atoms with van der Waals surface area (Å²) in [5, 5.41) is 3.39. The Kier molecular flexibility index (Phi) is 4.67. The van der Waals surface area contributed by atoms with Crippen molar-refractivity contribution in [2.75, 3.05) is 24.2 Å². The van der Waals surface area contributed by atoms with Gasteiger partial charge in [-0.3, -0.25) is 0 Å². The van der Waals surface area contributed by atoms with Gasteiger partial charge in [0, 0.05) is 6.54 Å². The van der Waals surface area contributed by atoms with Gasteiger partial charge in [0.05, 0.1) is 12.3 Å². The van der Waals surface area contributed by atoms with Crippen LogP contribution in [0, 0.1) is 5.92 Å². The molecule has 1 fully saturated rings. The van der Waals surface area contributed by atoms with Gasteiger partial charge in [0.25, 0.3) is 0 Å². The summed E-state index contributed by atoms with van der Waals surface area (Å²) in [6.07, 6.45) is 6.79. The molecule has 0 unspecified atom stereocenters. The van der Waals surface area contributed by atoms with Crippen molar-refractivity contribution >= 4 is 11.5 Å². The molecule has 1 aliphatic carbocycles. The van der Waals surface area contributed by atoms with Gasteiger partial charge in [0.2, 0.25) is 5.88 Å². The lowest BCUT2D eigenvalue weighted by atomic mass is 9.89. The normalized spacial score (nSPS) is 16.5. The number of nitrogens with two attached hydrogens (primary N) is 1. The molecule has 1 aromatic heterocycles. The second-order valence-electron chi connectivity index (χ2n) is 4.91. The molecule has 0 atom stereocenters. The van der Waals surface area contributed by atoms with Gasteiger partial charge in [-0.05, 0) is 37.8 Å². The van der Waals surface area contributed by atoms with E-state index in [1.54, 1.807) is 0 Å². The molecule has 0 spiro atoms. The monoisotopic (exact) mass is 249 g/mol. The molecule has 0 aliphatic heterocycles. The molecule has 3 N–H and O–H groups in total. The first-order valence-corrected chi connectivity index (χ1v) is 6.92. The van der Waals surface area contributed by atoms with Crippen molar-refractivity contribution in [3.63, 3.8) is 0 Å². The topological polar surface area (TPSA) is 60.2 Å². The highest BCUT2D eigenvalue weighted by Crippen LogP contribution is 2.25. The predicted molar refractivity (Wildman–Crippen MR) is 74.9 cm³/mol. The summed E-state index contributed by atoms with van der Waals surface area (Å²) in [7, 11) is 0. The molecular weight excluding hydrogens is 226 g/mol. The lowest BCUT2D eigenvalue weighted by molar-refractivity contribution is 0.329. The van der Waals surface area contributed by atoms with Crippen molar-refractivity contribution in [3.8, 4) is 5.88 Å². The predicted octanol–water partition coefficient (Wildman–Crippen LogP) is 3.05. The number of rotatable bonds is 5. The Hall–Kier alpha value is -1.45. The van der Waals surface area contributed by atoms with E-state index in [1.807, 2.05) is 19.1 Å². The zero-order valence-corrected chi connectivity index (χ0v) is 11.1. The van der Waals surface area contributed by atoms with Gasteiger partial charge in [-0.25, -0.2) is 0 Å². The second-order valence-corrected chi connectivity index (χ2v) is 4.91. The van der Waals surface area contributed by atoms with Crippen LogP contribution in [0.3, 0.4) is 0 Å². The van der Waals surface area contributed by atoms with Crippen LogP contribution in [-0.4, -0.2) is 18.1 Å². The Balaban J connectivity index is 1.90. The first kappa shape index (κ1) is 13.0. The molecule has 100 valence electrons. The van der Waals surface area contributed by atoms with Gasteiger partial charge in [0.1, 0.15) is 5.82 Å². The average Bonchev–Trinajstić information content (AvgIpc) is 2.41. The van der Waals surface area contributed by atoms with E-state index in [2.05, 4.69) is 10.3 Å². The van der Waals surface area contributed by atoms with Crippen LogP contribution < -0.4 is 15.8 Å². The Labute approximate surface area is 109 Å². The Morgan fingerprint density at radius 3 is 2.83 bits per heavy atom. The van der Waals surface area contributed by atoms with Gasteiger partial charge >= 0.3 is 0 Å². The quantitative estimate of drug-likeness (QED) is 0.842. The molecule has 1 saturated carbocycles. The van der Waals surface area contributed by atoms with Crippen molar-refractivity contribution < 1.29 is 4.74 Å². The van der Waals surface area contributed by atoms with Crippen LogP contribution in [0.4, 0.5) is 11.5 Å². The summed E-state index contributed by atoms with van der Waals surface area (Å²) >= 11 is 0. The van der Waals surface area contributed by atoms with Gasteiger partial charge < -0.3 is 15.8 Å². The van der Waals surface area contributed by atoms with Crippen LogP contribution in [0.5, 0.6) is 5.88 Å². The minimum absolute atomic E-state index is 0.533. The van der Waals surface area contributed by atoms with Crippen LogP contribution >= 0.6 is 0 Å². The smallest absolute Gasteiger partial charge is 0.239 e. The molecule has 18 heavy (non-hydrogen) atoms. The molecule has 4 heteroatoms. The van der Waals surface area contributed by atoms with Gasteiger partial charge in [-0.1, -0.05) is 19.3 Å². The lowest BCUT2D eigenvalue weighted by Gasteiger charge is -2.22. The molecule has 0 aromatic carbocycles. The number of nitrogens with one attached hydrogen (secondary N) is 1. The lowest BCUT2D eigenvalue weighted by Crippen LogP contribution is -2.17. The first-order valence-electron chi connectivity index (χ1n) is 6.92. The summed E-state index contributed by atoms with van der Waals surface area (Å²) in [6, 6.07) is 3.77. The number of hydrogen-bond donors (Lipinski definition) is 2. The van der Waals surface area contributed by atoms with E-state index in [0.717, 1.165) is 18.3 Å². The van der Waals surface area contributed by atoms with E-state index in [9.17, 15) is 0 Å². The molecular formula is C14H23N3O. The van der Waals surface area contributed by atoms with Crippen LogP contribution in [0.1, 0.15) is 39.0 Å². The van der Waals surface area contributed by atoms with Crippen LogP contribution in [0.25, 0.3) is 0 Å². The zero-order valence-electron chi connectivity index (χ0n) is 11.1. The van der Waals surface area contributed by atoms with E-state index in [4.69, 9.17) is 10.5 Å². The van der Waals surface area contributed by atoms with Crippen molar-refractivity contribution in [1.82, 2.24) is 4.98 Å². The largest absolute Gasteiger partial charge is 0.476 e. The maximum atomic E-state index is 5.80. The van der Waals surface area contributed by atoms with Crippen LogP contribution in [0.2, 0.25) is 0 Å². The number of aromatic nitrogens is 1. The van der Waals surface area contributed by atoms with Crippen molar-refractivity contribution in [2.24, 2.45) is 5.92 Å². The van der Waals surface area contributed by atoms with Gasteiger partial charge in [-0.15, -0.1) is 0 Å². The van der Waals surface area contributed by atoms with E-state index < -0.39 is 0 Å². The number of hydrogen-bond acceptors (Lipinski definition) is 4. The number of nitrogen functional groups attached to an aromatic ring is 1. The van der Waals surface area contributed by atoms with Crippen LogP contribution in [-0.2, 0) is 0 Å². The maximum absolute atomic E-state index is 5.80. The maximum Gasteiger partial charge on any atom is 0.239 e. The zero-order chi connectivity index (χ0) is 12.8. The van der Waals surface area contributed by atoms with Crippen molar-refractivity contribution in [2.45, 2.75) is 39.0 Å². The van der Waals surface area contributed by atoms with Crippen LogP contribution in [0.15, 0.2) is 12.1 Å². The highest BCUT2D eigenvalue weighted by molar-refractivity contribution is 5.53. The molecule has 0 radical (unpaired) electrons. The Morgan fingerprint density at radius 1 is 1.33 bits per heavy atom. The summed E-state index contributed by atoms with van der Waals surface area (Å²) in [5.41, 5.74) is 6.40. The molecule has 1 aromatic rings. The van der Waals surface area contributed by atoms with E-state index in [0.29, 0.717) is 18.2 Å². The Morgan fingerprint density at radius 2 is 2.11 bits per heavy atom. The fourth-order valence-corrected chi connectivity index (χ4v) is 2.44. The van der Waals surface area contributed by atoms with Crippen molar-refractivity contribution in [3.05, 3.63) is 12.1 Å². The van der Waals surface area contributed by atoms with E-state index in [1.165, 1.54) is 32.1 Å². The highest BCUT2D eigenvalue weighted by atomic mass is 16.5. The molecule has 1 heterocycles. The minimum atomic E-state index is 0.533. The number of pyridine rings is 1. The third kappa shape index (κ3) is 3.52. The SMILES string of the molecule is CCOc1nc(NCC2CCCCC2)ccc1N. The molecule has 2 rings (SSSR count). The van der Waals surface area contributed by atoms with E-state index in [-0.39, 0.29) is 0 Å². The van der Waals surface area contributed by atoms with Crippen molar-refractivity contribution in [1.29, 1.82) is 0 Å². The molecule has 0 amide bonds. The third-order valence-electron chi connectivity index (χ3n) is 3.47. The second kappa shape index (κ2) is 6.47. The first-order chi connectivity index (χ1) is 8.79. The summed E-state index contributed by atoms with van der Waals surface area (Å²) in [4.78, 5) is 4.39. The van der Waals surface area contributed by atoms with Gasteiger partial charge in [-0.2, -0.15) is 4.98 Å². The molecule has 4 nitrogen and oxygen atoms in total. The number of anilines is 2. The summed E-state index contributed by atoms with van der Waals surface area (Å²) in [5.74, 6) is 2.18. The molecule has 0 saturated heterocycles. The van der Waals surface area contributed by atoms with Gasteiger partial charge in [0.15, 0.2) is 0 Å². The fourth-order valence-electron chi connectivity index (χ4n) is 2.44. The number of ether oxygens (including phenoxy) is 1. The summed E-state index contributed by atoms with van der Waals surface area (Å²) in [6.45, 7) is 3.52. The summed E-state index contributed by atoms with van der Waals surface area (Å²) < 4.78 is 5.39. The van der Waals surface area contributed by atoms with E-state index >= 15 is 0 Å². The Bertz CT molecular complexity index is 375. The minimum Gasteiger partial charge on any atom is -0.476 e. The average molecular weight is 249 g/mol. The number of nitrogens with zero attached hydrogens (tertiary/aromatic N) is 1.